The number of nitrogens with zero attached hydrogens (tertiary/aromatic N) is 2. The predicted octanol–water partition coefficient (Wildman–Crippen LogP) is 2.06. The Morgan fingerprint density at radius 2 is 2.04 bits per heavy atom. The van der Waals surface area contributed by atoms with Gasteiger partial charge in [0.05, 0.1) is 18.4 Å². The van der Waals surface area contributed by atoms with Gasteiger partial charge in [-0.1, -0.05) is 12.1 Å². The van der Waals surface area contributed by atoms with Gasteiger partial charge >= 0.3 is 0 Å². The molecule has 2 heterocycles. The fourth-order valence-electron chi connectivity index (χ4n) is 3.09. The second-order valence-electron chi connectivity index (χ2n) is 6.75. The largest absolute Gasteiger partial charge is 0.497 e. The van der Waals surface area contributed by atoms with Crippen LogP contribution in [0.2, 0.25) is 0 Å². The minimum Gasteiger partial charge on any atom is -0.497 e. The van der Waals surface area contributed by atoms with E-state index in [9.17, 15) is 8.42 Å². The number of aromatic nitrogens is 2. The van der Waals surface area contributed by atoms with Crippen LogP contribution in [-0.4, -0.2) is 44.2 Å². The van der Waals surface area contributed by atoms with Crippen molar-refractivity contribution >= 4 is 15.9 Å². The van der Waals surface area contributed by atoms with Crippen LogP contribution in [0.4, 0.5) is 0 Å². The lowest BCUT2D eigenvalue weighted by atomic mass is 10.1. The van der Waals surface area contributed by atoms with Gasteiger partial charge < -0.3 is 14.8 Å². The van der Waals surface area contributed by atoms with Crippen LogP contribution in [0.25, 0.3) is 6.08 Å². The summed E-state index contributed by atoms with van der Waals surface area (Å²) in [6.07, 6.45) is 3.30. The number of aryl methyl sites for hydroxylation is 2. The lowest BCUT2D eigenvalue weighted by Gasteiger charge is -2.23. The van der Waals surface area contributed by atoms with Crippen molar-refractivity contribution in [2.75, 3.05) is 20.0 Å². The summed E-state index contributed by atoms with van der Waals surface area (Å²) in [7, 11) is 0.0958. The number of fused-ring (bicyclic) bond motifs is 1. The third-order valence-corrected chi connectivity index (χ3v) is 5.86. The minimum absolute atomic E-state index is 0.142. The Morgan fingerprint density at radius 3 is 2.67 bits per heavy atom. The number of rotatable bonds is 5. The summed E-state index contributed by atoms with van der Waals surface area (Å²) in [5.74, 6) is 1.39. The SMILES string of the molecule is COc1ccc(CNC2COc3c(c(C)nn3C)/C=C(/S(C)(=O)=O)C2)cc1. The first-order valence-electron chi connectivity index (χ1n) is 8.71. The zero-order chi connectivity index (χ0) is 19.6. The molecule has 0 saturated heterocycles. The Balaban J connectivity index is 1.81. The first kappa shape index (κ1) is 19.4. The average molecular weight is 391 g/mol. The van der Waals surface area contributed by atoms with E-state index in [1.54, 1.807) is 24.9 Å². The highest BCUT2D eigenvalue weighted by atomic mass is 32.2. The highest BCUT2D eigenvalue weighted by Gasteiger charge is 2.25. The smallest absolute Gasteiger partial charge is 0.219 e. The molecule has 0 saturated carbocycles. The molecule has 0 amide bonds. The summed E-state index contributed by atoms with van der Waals surface area (Å²) >= 11 is 0. The van der Waals surface area contributed by atoms with Gasteiger partial charge in [-0.05, 0) is 30.7 Å². The molecule has 1 unspecified atom stereocenters. The molecular formula is C19H25N3O4S. The summed E-state index contributed by atoms with van der Waals surface area (Å²) in [6.45, 7) is 2.81. The van der Waals surface area contributed by atoms with E-state index in [1.807, 2.05) is 31.2 Å². The van der Waals surface area contributed by atoms with Gasteiger partial charge in [-0.3, -0.25) is 0 Å². The van der Waals surface area contributed by atoms with E-state index in [0.717, 1.165) is 22.6 Å². The maximum Gasteiger partial charge on any atom is 0.219 e. The van der Waals surface area contributed by atoms with Crippen LogP contribution in [0.1, 0.15) is 23.2 Å². The third-order valence-electron chi connectivity index (χ3n) is 4.62. The van der Waals surface area contributed by atoms with Crippen LogP contribution in [-0.2, 0) is 23.4 Å². The van der Waals surface area contributed by atoms with Gasteiger partial charge in [0.2, 0.25) is 5.88 Å². The Bertz CT molecular complexity index is 946. The van der Waals surface area contributed by atoms with Gasteiger partial charge in [0.15, 0.2) is 9.84 Å². The van der Waals surface area contributed by atoms with Crippen LogP contribution in [0, 0.1) is 6.92 Å². The zero-order valence-corrected chi connectivity index (χ0v) is 16.8. The van der Waals surface area contributed by atoms with Crippen LogP contribution in [0.5, 0.6) is 11.6 Å². The van der Waals surface area contributed by atoms with Crippen molar-refractivity contribution in [3.63, 3.8) is 0 Å². The molecule has 1 aliphatic heterocycles. The van der Waals surface area contributed by atoms with Gasteiger partial charge in [-0.2, -0.15) is 5.10 Å². The van der Waals surface area contributed by atoms with Crippen molar-refractivity contribution in [1.29, 1.82) is 0 Å². The molecule has 0 aliphatic carbocycles. The fourth-order valence-corrected chi connectivity index (χ4v) is 3.92. The maximum atomic E-state index is 12.3. The molecule has 1 N–H and O–H groups in total. The lowest BCUT2D eigenvalue weighted by Crippen LogP contribution is -2.36. The van der Waals surface area contributed by atoms with E-state index in [0.29, 0.717) is 30.4 Å². The molecule has 0 fully saturated rings. The average Bonchev–Trinajstić information content (AvgIpc) is 2.85. The number of nitrogens with one attached hydrogen (secondary N) is 1. The summed E-state index contributed by atoms with van der Waals surface area (Å²) in [5.41, 5.74) is 2.56. The van der Waals surface area contributed by atoms with Crippen LogP contribution < -0.4 is 14.8 Å². The van der Waals surface area contributed by atoms with Crippen molar-refractivity contribution in [2.24, 2.45) is 7.05 Å². The van der Waals surface area contributed by atoms with E-state index in [-0.39, 0.29) is 6.04 Å². The van der Waals surface area contributed by atoms with Crippen molar-refractivity contribution in [3.8, 4) is 11.6 Å². The molecule has 0 bridgehead atoms. The molecule has 7 nitrogen and oxygen atoms in total. The quantitative estimate of drug-likeness (QED) is 0.840. The van der Waals surface area contributed by atoms with Crippen LogP contribution in [0.15, 0.2) is 29.2 Å². The number of hydrogen-bond donors (Lipinski definition) is 1. The molecule has 1 aromatic heterocycles. The highest BCUT2D eigenvalue weighted by Crippen LogP contribution is 2.29. The number of sulfone groups is 1. The van der Waals surface area contributed by atoms with E-state index >= 15 is 0 Å². The Morgan fingerprint density at radius 1 is 1.33 bits per heavy atom. The van der Waals surface area contributed by atoms with Crippen LogP contribution >= 0.6 is 0 Å². The van der Waals surface area contributed by atoms with Gasteiger partial charge in [0.1, 0.15) is 12.4 Å². The molecule has 3 rings (SSSR count). The molecule has 27 heavy (non-hydrogen) atoms. The number of hydrogen-bond acceptors (Lipinski definition) is 6. The lowest BCUT2D eigenvalue weighted by molar-refractivity contribution is 0.242. The monoisotopic (exact) mass is 391 g/mol. The number of ether oxygens (including phenoxy) is 2. The highest BCUT2D eigenvalue weighted by molar-refractivity contribution is 7.94. The topological polar surface area (TPSA) is 82.4 Å². The fraction of sp³-hybridized carbons (Fsp3) is 0.421. The Kier molecular flexibility index (Phi) is 5.57. The van der Waals surface area contributed by atoms with Crippen molar-refractivity contribution in [1.82, 2.24) is 15.1 Å². The molecule has 1 atom stereocenters. The van der Waals surface area contributed by atoms with Gasteiger partial charge in [0, 0.05) is 37.2 Å². The number of methoxy groups -OCH3 is 1. The predicted molar refractivity (Wildman–Crippen MR) is 104 cm³/mol. The molecule has 1 aliphatic rings. The first-order chi connectivity index (χ1) is 12.8. The first-order valence-corrected chi connectivity index (χ1v) is 10.6. The van der Waals surface area contributed by atoms with Gasteiger partial charge in [0.25, 0.3) is 0 Å². The van der Waals surface area contributed by atoms with E-state index < -0.39 is 9.84 Å². The minimum atomic E-state index is -3.33. The van der Waals surface area contributed by atoms with Crippen molar-refractivity contribution in [3.05, 3.63) is 46.0 Å². The molecule has 8 heteroatoms. The van der Waals surface area contributed by atoms with Gasteiger partial charge in [-0.25, -0.2) is 13.1 Å². The Hall–Kier alpha value is -2.32. The Labute approximate surface area is 159 Å². The number of benzene rings is 1. The molecule has 146 valence electrons. The summed E-state index contributed by atoms with van der Waals surface area (Å²) in [6, 6.07) is 7.62. The van der Waals surface area contributed by atoms with Crippen LogP contribution in [0.3, 0.4) is 0 Å². The standard InChI is InChI=1S/C19H25N3O4S/c1-13-18-10-17(27(4,23)24)9-15(12-26-19(18)22(2)21-13)20-11-14-5-7-16(25-3)8-6-14/h5-8,10,15,20H,9,11-12H2,1-4H3/b17-10+. The molecule has 2 aromatic rings. The maximum absolute atomic E-state index is 12.3. The summed E-state index contributed by atoms with van der Waals surface area (Å²) in [4.78, 5) is 0.385. The molecular weight excluding hydrogens is 366 g/mol. The molecule has 0 radical (unpaired) electrons. The molecule has 0 spiro atoms. The zero-order valence-electron chi connectivity index (χ0n) is 16.0. The van der Waals surface area contributed by atoms with E-state index in [4.69, 9.17) is 9.47 Å². The summed E-state index contributed by atoms with van der Waals surface area (Å²) < 4.78 is 37.4. The normalized spacial score (nSPS) is 19.3. The van der Waals surface area contributed by atoms with E-state index in [2.05, 4.69) is 10.4 Å². The molecule has 1 aromatic carbocycles. The third kappa shape index (κ3) is 4.51. The van der Waals surface area contributed by atoms with Crippen molar-refractivity contribution in [2.45, 2.75) is 25.9 Å². The second-order valence-corrected chi connectivity index (χ2v) is 8.82. The van der Waals surface area contributed by atoms with Gasteiger partial charge in [-0.15, -0.1) is 0 Å². The van der Waals surface area contributed by atoms with E-state index in [1.165, 1.54) is 6.26 Å². The second kappa shape index (κ2) is 7.74. The van der Waals surface area contributed by atoms with Crippen molar-refractivity contribution < 1.29 is 17.9 Å². The summed E-state index contributed by atoms with van der Waals surface area (Å²) in [5, 5.41) is 7.75.